The third kappa shape index (κ3) is 11.0. The lowest BCUT2D eigenvalue weighted by Gasteiger charge is -2.43. The molecule has 4 aromatic rings. The molecular formula is C42H50O5Si. The predicted molar refractivity (Wildman–Crippen MR) is 197 cm³/mol. The molecule has 0 saturated carbocycles. The maximum absolute atomic E-state index is 13.0. The fourth-order valence-electron chi connectivity index (χ4n) is 5.92. The highest BCUT2D eigenvalue weighted by molar-refractivity contribution is 6.99. The van der Waals surface area contributed by atoms with Crippen LogP contribution in [0.4, 0.5) is 0 Å². The summed E-state index contributed by atoms with van der Waals surface area (Å²) in [6.07, 6.45) is 2.86. The van der Waals surface area contributed by atoms with E-state index < -0.39 is 8.32 Å². The SMILES string of the molecule is COc1ccc(COC(CCCOCc2ccccc2)CC(=O)C#CCCCO[Si](c2ccccc2)(c2ccccc2)C(C)(C)C)cc1. The molecule has 1 atom stereocenters. The first kappa shape index (κ1) is 36.8. The number of carbonyl (C=O) groups excluding carboxylic acids is 1. The number of ketones is 1. The van der Waals surface area contributed by atoms with Crippen molar-refractivity contribution in [3.63, 3.8) is 0 Å². The van der Waals surface area contributed by atoms with Crippen LogP contribution in [0.5, 0.6) is 5.75 Å². The van der Waals surface area contributed by atoms with Gasteiger partial charge in [-0.2, -0.15) is 0 Å². The largest absolute Gasteiger partial charge is 0.497 e. The van der Waals surface area contributed by atoms with Crippen molar-refractivity contribution in [2.24, 2.45) is 0 Å². The summed E-state index contributed by atoms with van der Waals surface area (Å²) in [6.45, 7) is 9.00. The molecular weight excluding hydrogens is 613 g/mol. The van der Waals surface area contributed by atoms with Gasteiger partial charge in [-0.05, 0) is 63.9 Å². The Morgan fingerprint density at radius 2 is 1.31 bits per heavy atom. The van der Waals surface area contributed by atoms with Crippen LogP contribution in [-0.2, 0) is 31.9 Å². The minimum Gasteiger partial charge on any atom is -0.497 e. The van der Waals surface area contributed by atoms with Crippen LogP contribution in [0, 0.1) is 11.8 Å². The number of carbonyl (C=O) groups is 1. The molecule has 0 amide bonds. The van der Waals surface area contributed by atoms with E-state index in [2.05, 4.69) is 105 Å². The number of ether oxygens (including phenoxy) is 3. The van der Waals surface area contributed by atoms with Gasteiger partial charge in [0.25, 0.3) is 8.32 Å². The molecule has 6 heteroatoms. The summed E-state index contributed by atoms with van der Waals surface area (Å²) in [5.74, 6) is 6.69. The van der Waals surface area contributed by atoms with Gasteiger partial charge in [0.1, 0.15) is 5.75 Å². The second-order valence-electron chi connectivity index (χ2n) is 13.0. The minimum atomic E-state index is -2.58. The molecule has 0 aliphatic heterocycles. The van der Waals surface area contributed by atoms with Gasteiger partial charge in [-0.3, -0.25) is 4.79 Å². The maximum Gasteiger partial charge on any atom is 0.261 e. The third-order valence-electron chi connectivity index (χ3n) is 8.39. The van der Waals surface area contributed by atoms with Gasteiger partial charge >= 0.3 is 0 Å². The van der Waals surface area contributed by atoms with Crippen molar-refractivity contribution in [3.05, 3.63) is 126 Å². The molecule has 0 aliphatic rings. The molecule has 4 aromatic carbocycles. The molecule has 0 saturated heterocycles. The van der Waals surface area contributed by atoms with E-state index in [1.54, 1.807) is 7.11 Å². The Labute approximate surface area is 288 Å². The van der Waals surface area contributed by atoms with E-state index in [1.807, 2.05) is 42.5 Å². The minimum absolute atomic E-state index is 0.0786. The van der Waals surface area contributed by atoms with Gasteiger partial charge in [0, 0.05) is 26.1 Å². The highest BCUT2D eigenvalue weighted by atomic mass is 28.4. The van der Waals surface area contributed by atoms with E-state index in [1.165, 1.54) is 10.4 Å². The van der Waals surface area contributed by atoms with Gasteiger partial charge in [0.15, 0.2) is 0 Å². The molecule has 0 aromatic heterocycles. The molecule has 4 rings (SSSR count). The van der Waals surface area contributed by atoms with E-state index in [4.69, 9.17) is 18.6 Å². The molecule has 252 valence electrons. The van der Waals surface area contributed by atoms with Crippen LogP contribution < -0.4 is 15.1 Å². The Balaban J connectivity index is 1.31. The molecule has 0 spiro atoms. The van der Waals surface area contributed by atoms with Crippen molar-refractivity contribution in [1.29, 1.82) is 0 Å². The summed E-state index contributed by atoms with van der Waals surface area (Å²) >= 11 is 0. The van der Waals surface area contributed by atoms with Gasteiger partial charge in [-0.1, -0.05) is 130 Å². The highest BCUT2D eigenvalue weighted by Gasteiger charge is 2.49. The third-order valence-corrected chi connectivity index (χ3v) is 13.4. The number of Topliss-reactive ketones (excluding diaryl/α,β-unsaturated/α-hetero) is 1. The molecule has 0 radical (unpaired) electrons. The van der Waals surface area contributed by atoms with E-state index >= 15 is 0 Å². The molecule has 0 fully saturated rings. The van der Waals surface area contributed by atoms with Gasteiger partial charge in [-0.25, -0.2) is 0 Å². The summed E-state index contributed by atoms with van der Waals surface area (Å²) in [4.78, 5) is 13.0. The second kappa shape index (κ2) is 19.1. The van der Waals surface area contributed by atoms with Crippen molar-refractivity contribution in [3.8, 4) is 17.6 Å². The number of hydrogen-bond donors (Lipinski definition) is 0. The maximum atomic E-state index is 13.0. The lowest BCUT2D eigenvalue weighted by molar-refractivity contribution is -0.117. The average Bonchev–Trinajstić information content (AvgIpc) is 3.11. The number of rotatable bonds is 18. The molecule has 5 nitrogen and oxygen atoms in total. The monoisotopic (exact) mass is 662 g/mol. The summed E-state index contributed by atoms with van der Waals surface area (Å²) in [5, 5.41) is 2.44. The Morgan fingerprint density at radius 3 is 1.90 bits per heavy atom. The Hall–Kier alpha value is -3.99. The zero-order valence-electron chi connectivity index (χ0n) is 29.0. The fourth-order valence-corrected chi connectivity index (χ4v) is 10.5. The summed E-state index contributed by atoms with van der Waals surface area (Å²) in [7, 11) is -0.933. The normalized spacial score (nSPS) is 12.2. The first-order valence-corrected chi connectivity index (χ1v) is 18.9. The van der Waals surface area contributed by atoms with Crippen LogP contribution in [0.1, 0.15) is 64.0 Å². The van der Waals surface area contributed by atoms with Gasteiger partial charge in [-0.15, -0.1) is 0 Å². The predicted octanol–water partition coefficient (Wildman–Crippen LogP) is 7.90. The smallest absolute Gasteiger partial charge is 0.261 e. The van der Waals surface area contributed by atoms with Gasteiger partial charge in [0.2, 0.25) is 5.78 Å². The fraction of sp³-hybridized carbons (Fsp3) is 0.357. The molecule has 1 unspecified atom stereocenters. The average molecular weight is 663 g/mol. The van der Waals surface area contributed by atoms with Crippen molar-refractivity contribution < 1.29 is 23.4 Å². The van der Waals surface area contributed by atoms with E-state index in [9.17, 15) is 4.79 Å². The zero-order chi connectivity index (χ0) is 34.1. The van der Waals surface area contributed by atoms with Crippen LogP contribution in [0.3, 0.4) is 0 Å². The first-order valence-electron chi connectivity index (χ1n) is 16.9. The van der Waals surface area contributed by atoms with Crippen molar-refractivity contribution in [1.82, 2.24) is 0 Å². The van der Waals surface area contributed by atoms with Crippen LogP contribution in [0.2, 0.25) is 5.04 Å². The number of methoxy groups -OCH3 is 1. The van der Waals surface area contributed by atoms with Crippen LogP contribution in [-0.4, -0.2) is 40.5 Å². The van der Waals surface area contributed by atoms with Crippen molar-refractivity contribution in [2.45, 2.75) is 77.2 Å². The van der Waals surface area contributed by atoms with E-state index in [0.29, 0.717) is 39.3 Å². The number of unbranched alkanes of at least 4 members (excludes halogenated alkanes) is 1. The van der Waals surface area contributed by atoms with Crippen molar-refractivity contribution >= 4 is 24.5 Å². The molecule has 48 heavy (non-hydrogen) atoms. The topological polar surface area (TPSA) is 54.0 Å². The van der Waals surface area contributed by atoms with E-state index in [-0.39, 0.29) is 23.3 Å². The molecule has 0 aliphatic carbocycles. The van der Waals surface area contributed by atoms with E-state index in [0.717, 1.165) is 29.7 Å². The summed E-state index contributed by atoms with van der Waals surface area (Å²) in [6, 6.07) is 39.2. The molecule has 0 N–H and O–H groups in total. The van der Waals surface area contributed by atoms with Gasteiger partial charge < -0.3 is 18.6 Å². The lowest BCUT2D eigenvalue weighted by atomic mass is 10.1. The van der Waals surface area contributed by atoms with Crippen molar-refractivity contribution in [2.75, 3.05) is 20.3 Å². The Bertz CT molecular complexity index is 1520. The quantitative estimate of drug-likeness (QED) is 0.0470. The Morgan fingerprint density at radius 1 is 0.729 bits per heavy atom. The zero-order valence-corrected chi connectivity index (χ0v) is 30.0. The second-order valence-corrected chi connectivity index (χ2v) is 17.3. The van der Waals surface area contributed by atoms with Crippen LogP contribution in [0.25, 0.3) is 0 Å². The highest BCUT2D eigenvalue weighted by Crippen LogP contribution is 2.36. The molecule has 0 bridgehead atoms. The first-order chi connectivity index (χ1) is 23.3. The Kier molecular flexibility index (Phi) is 14.7. The number of benzene rings is 4. The van der Waals surface area contributed by atoms with Crippen LogP contribution >= 0.6 is 0 Å². The number of hydrogen-bond acceptors (Lipinski definition) is 5. The lowest BCUT2D eigenvalue weighted by Crippen LogP contribution is -2.66. The van der Waals surface area contributed by atoms with Crippen LogP contribution in [0.15, 0.2) is 115 Å². The summed E-state index contributed by atoms with van der Waals surface area (Å²) < 4.78 is 24.3. The van der Waals surface area contributed by atoms with Gasteiger partial charge in [0.05, 0.1) is 26.4 Å². The molecule has 0 heterocycles. The standard InChI is InChI=1S/C42H50O5Si/c1-42(2,3)48(40-22-12-6-13-23-40,41-24-14-7-15-25-41)47-31-16-8-11-20-37(43)32-39(46-34-36-26-28-38(44-4)29-27-36)21-17-30-45-33-35-18-9-5-10-19-35/h5-7,9-10,12-15,18-19,22-29,39H,8,16-17,21,30-34H2,1-4H3. The summed E-state index contributed by atoms with van der Waals surface area (Å²) in [5.41, 5.74) is 2.17.